The van der Waals surface area contributed by atoms with E-state index < -0.39 is 0 Å². The number of nitrogens with zero attached hydrogens (tertiary/aromatic N) is 2. The van der Waals surface area contributed by atoms with Crippen LogP contribution in [0.2, 0.25) is 0 Å². The standard InChI is InChI=1S/C24H33FN4O3/c1-26-24(28-21-8-4-9-22(17-21)32-13-5-12-30-2)27-18-23(29-10-14-31-15-11-29)19-6-3-7-20(25)16-19/h3-4,6-9,16-17,23H,5,10-15,18H2,1-2H3,(H2,26,27,28). The van der Waals surface area contributed by atoms with E-state index in [1.165, 1.54) is 6.07 Å². The number of hydrogen-bond acceptors (Lipinski definition) is 5. The molecule has 1 aliphatic heterocycles. The molecule has 1 fully saturated rings. The minimum absolute atomic E-state index is 0.00334. The maximum absolute atomic E-state index is 13.9. The van der Waals surface area contributed by atoms with Crippen LogP contribution in [-0.2, 0) is 9.47 Å². The summed E-state index contributed by atoms with van der Waals surface area (Å²) in [5.41, 5.74) is 1.80. The van der Waals surface area contributed by atoms with Gasteiger partial charge in [0.25, 0.3) is 0 Å². The Morgan fingerprint density at radius 2 is 1.97 bits per heavy atom. The molecule has 1 aliphatic rings. The minimum atomic E-state index is -0.231. The summed E-state index contributed by atoms with van der Waals surface area (Å²) in [4.78, 5) is 6.66. The molecular weight excluding hydrogens is 411 g/mol. The molecule has 1 atom stereocenters. The second kappa shape index (κ2) is 13.0. The summed E-state index contributed by atoms with van der Waals surface area (Å²) in [5, 5.41) is 6.70. The van der Waals surface area contributed by atoms with Crippen molar-refractivity contribution >= 4 is 11.6 Å². The number of anilines is 1. The third-order valence-corrected chi connectivity index (χ3v) is 5.26. The smallest absolute Gasteiger partial charge is 0.195 e. The number of halogens is 1. The lowest BCUT2D eigenvalue weighted by atomic mass is 10.0. The van der Waals surface area contributed by atoms with Gasteiger partial charge in [0, 0.05) is 58.6 Å². The summed E-state index contributed by atoms with van der Waals surface area (Å²) < 4.78 is 30.2. The van der Waals surface area contributed by atoms with E-state index in [1.54, 1.807) is 26.3 Å². The van der Waals surface area contributed by atoms with Gasteiger partial charge in [0.2, 0.25) is 0 Å². The fourth-order valence-electron chi connectivity index (χ4n) is 3.63. The van der Waals surface area contributed by atoms with Gasteiger partial charge in [0.15, 0.2) is 5.96 Å². The number of aliphatic imine (C=N–C) groups is 1. The lowest BCUT2D eigenvalue weighted by Gasteiger charge is -2.35. The van der Waals surface area contributed by atoms with Crippen molar-refractivity contribution in [1.29, 1.82) is 0 Å². The largest absolute Gasteiger partial charge is 0.493 e. The van der Waals surface area contributed by atoms with Gasteiger partial charge in [-0.1, -0.05) is 18.2 Å². The topological polar surface area (TPSA) is 67.4 Å². The highest BCUT2D eigenvalue weighted by Crippen LogP contribution is 2.22. The molecule has 0 bridgehead atoms. The number of benzene rings is 2. The van der Waals surface area contributed by atoms with Crippen LogP contribution in [0.1, 0.15) is 18.0 Å². The van der Waals surface area contributed by atoms with Gasteiger partial charge in [0.05, 0.1) is 25.9 Å². The van der Waals surface area contributed by atoms with Gasteiger partial charge in [-0.05, 0) is 29.8 Å². The third-order valence-electron chi connectivity index (χ3n) is 5.26. The number of morpholine rings is 1. The van der Waals surface area contributed by atoms with E-state index in [4.69, 9.17) is 14.2 Å². The van der Waals surface area contributed by atoms with Crippen molar-refractivity contribution in [3.63, 3.8) is 0 Å². The van der Waals surface area contributed by atoms with Gasteiger partial charge in [0.1, 0.15) is 11.6 Å². The van der Waals surface area contributed by atoms with E-state index in [2.05, 4.69) is 20.5 Å². The second-order valence-electron chi connectivity index (χ2n) is 7.52. The predicted octanol–water partition coefficient (Wildman–Crippen LogP) is 3.30. The third kappa shape index (κ3) is 7.47. The molecule has 0 spiro atoms. The normalized spacial score (nSPS) is 15.9. The number of guanidine groups is 1. The molecular formula is C24H33FN4O3. The number of ether oxygens (including phenoxy) is 3. The van der Waals surface area contributed by atoms with Crippen molar-refractivity contribution < 1.29 is 18.6 Å². The highest BCUT2D eigenvalue weighted by atomic mass is 19.1. The highest BCUT2D eigenvalue weighted by molar-refractivity contribution is 5.93. The summed E-state index contributed by atoms with van der Waals surface area (Å²) in [7, 11) is 3.41. The highest BCUT2D eigenvalue weighted by Gasteiger charge is 2.23. The SMILES string of the molecule is CN=C(NCC(c1cccc(F)c1)N1CCOCC1)Nc1cccc(OCCCOC)c1. The number of nitrogens with one attached hydrogen (secondary N) is 2. The molecule has 0 radical (unpaired) electrons. The summed E-state index contributed by atoms with van der Waals surface area (Å²) in [6.07, 6.45) is 0.834. The van der Waals surface area contributed by atoms with Crippen LogP contribution in [0, 0.1) is 5.82 Å². The quantitative estimate of drug-likeness (QED) is 0.333. The Kier molecular flexibility index (Phi) is 9.74. The summed E-state index contributed by atoms with van der Waals surface area (Å²) in [6, 6.07) is 14.5. The number of methoxy groups -OCH3 is 1. The molecule has 2 aromatic carbocycles. The fourth-order valence-corrected chi connectivity index (χ4v) is 3.63. The van der Waals surface area contributed by atoms with Crippen LogP contribution in [0.3, 0.4) is 0 Å². The zero-order valence-corrected chi connectivity index (χ0v) is 18.9. The van der Waals surface area contributed by atoms with E-state index in [9.17, 15) is 4.39 Å². The van der Waals surface area contributed by atoms with Crippen molar-refractivity contribution in [1.82, 2.24) is 10.2 Å². The van der Waals surface area contributed by atoms with Crippen LogP contribution >= 0.6 is 0 Å². The first-order chi connectivity index (χ1) is 15.7. The average molecular weight is 445 g/mol. The van der Waals surface area contributed by atoms with Crippen molar-refractivity contribution in [3.8, 4) is 5.75 Å². The lowest BCUT2D eigenvalue weighted by molar-refractivity contribution is 0.0170. The Morgan fingerprint density at radius 1 is 1.16 bits per heavy atom. The monoisotopic (exact) mass is 444 g/mol. The van der Waals surface area contributed by atoms with Crippen LogP contribution in [-0.4, -0.2) is 71.1 Å². The van der Waals surface area contributed by atoms with Gasteiger partial charge < -0.3 is 24.8 Å². The summed E-state index contributed by atoms with van der Waals surface area (Å²) in [6.45, 7) is 4.81. The Labute approximate surface area is 189 Å². The van der Waals surface area contributed by atoms with Crippen molar-refractivity contribution in [2.45, 2.75) is 12.5 Å². The summed E-state index contributed by atoms with van der Waals surface area (Å²) >= 11 is 0. The van der Waals surface area contributed by atoms with E-state index in [-0.39, 0.29) is 11.9 Å². The van der Waals surface area contributed by atoms with Crippen molar-refractivity contribution in [3.05, 3.63) is 59.9 Å². The van der Waals surface area contributed by atoms with E-state index in [1.807, 2.05) is 30.3 Å². The molecule has 1 heterocycles. The van der Waals surface area contributed by atoms with E-state index in [0.717, 1.165) is 36.5 Å². The Hall–Kier alpha value is -2.68. The van der Waals surface area contributed by atoms with Crippen molar-refractivity contribution in [2.24, 2.45) is 4.99 Å². The zero-order valence-electron chi connectivity index (χ0n) is 18.9. The zero-order chi connectivity index (χ0) is 22.6. The van der Waals surface area contributed by atoms with Crippen LogP contribution in [0.4, 0.5) is 10.1 Å². The average Bonchev–Trinajstić information content (AvgIpc) is 2.82. The summed E-state index contributed by atoms with van der Waals surface area (Å²) in [5.74, 6) is 1.19. The molecule has 0 saturated carbocycles. The van der Waals surface area contributed by atoms with Gasteiger partial charge in [-0.3, -0.25) is 9.89 Å². The maximum atomic E-state index is 13.9. The Bertz CT molecular complexity index is 859. The van der Waals surface area contributed by atoms with E-state index >= 15 is 0 Å². The Morgan fingerprint density at radius 3 is 2.72 bits per heavy atom. The molecule has 8 heteroatoms. The fraction of sp³-hybridized carbons (Fsp3) is 0.458. The van der Waals surface area contributed by atoms with Crippen molar-refractivity contribution in [2.75, 3.05) is 65.5 Å². The molecule has 0 amide bonds. The first kappa shape index (κ1) is 24.0. The maximum Gasteiger partial charge on any atom is 0.195 e. The second-order valence-corrected chi connectivity index (χ2v) is 7.52. The van der Waals surface area contributed by atoms with Gasteiger partial charge in [-0.2, -0.15) is 0 Å². The van der Waals surface area contributed by atoms with E-state index in [0.29, 0.717) is 38.9 Å². The minimum Gasteiger partial charge on any atom is -0.493 e. The molecule has 3 rings (SSSR count). The first-order valence-electron chi connectivity index (χ1n) is 11.0. The molecule has 1 unspecified atom stereocenters. The van der Waals surface area contributed by atoms with Crippen LogP contribution < -0.4 is 15.4 Å². The molecule has 32 heavy (non-hydrogen) atoms. The molecule has 0 aliphatic carbocycles. The molecule has 174 valence electrons. The van der Waals surface area contributed by atoms with Gasteiger partial charge in [-0.25, -0.2) is 4.39 Å². The number of rotatable bonds is 10. The lowest BCUT2D eigenvalue weighted by Crippen LogP contribution is -2.44. The molecule has 7 nitrogen and oxygen atoms in total. The molecule has 2 aromatic rings. The van der Waals surface area contributed by atoms with Crippen LogP contribution in [0.15, 0.2) is 53.5 Å². The molecule has 1 saturated heterocycles. The van der Waals surface area contributed by atoms with Crippen LogP contribution in [0.25, 0.3) is 0 Å². The molecule has 2 N–H and O–H groups in total. The van der Waals surface area contributed by atoms with Crippen LogP contribution in [0.5, 0.6) is 5.75 Å². The Balaban J connectivity index is 1.62. The first-order valence-corrected chi connectivity index (χ1v) is 11.0. The predicted molar refractivity (Wildman–Crippen MR) is 125 cm³/mol. The van der Waals surface area contributed by atoms with Gasteiger partial charge >= 0.3 is 0 Å². The van der Waals surface area contributed by atoms with Gasteiger partial charge in [-0.15, -0.1) is 0 Å². The molecule has 0 aromatic heterocycles. The number of hydrogen-bond donors (Lipinski definition) is 2.